The van der Waals surface area contributed by atoms with Crippen LogP contribution in [0.3, 0.4) is 0 Å². The number of aryl methyl sites for hydroxylation is 1. The molecule has 0 bridgehead atoms. The summed E-state index contributed by atoms with van der Waals surface area (Å²) in [5, 5.41) is 0. The Kier molecular flexibility index (Phi) is 12.9. The molecule has 0 aliphatic carbocycles. The molecule has 176 valence electrons. The van der Waals surface area contributed by atoms with Crippen LogP contribution in [0, 0.1) is 5.92 Å². The third-order valence-electron chi connectivity index (χ3n) is 6.52. The highest BCUT2D eigenvalue weighted by molar-refractivity contribution is 6.01. The van der Waals surface area contributed by atoms with E-state index in [4.69, 9.17) is 4.98 Å². The number of aromatic nitrogens is 2. The Hall–Kier alpha value is -2.03. The molecule has 0 spiro atoms. The Morgan fingerprint density at radius 3 is 2.34 bits per heavy atom. The van der Waals surface area contributed by atoms with E-state index in [1.807, 2.05) is 36.5 Å². The second-order valence-corrected chi connectivity index (χ2v) is 9.32. The normalized spacial score (nSPS) is 12.1. The van der Waals surface area contributed by atoms with E-state index in [9.17, 15) is 4.79 Å². The van der Waals surface area contributed by atoms with Crippen LogP contribution in [0.4, 0.5) is 0 Å². The van der Waals surface area contributed by atoms with E-state index in [1.165, 1.54) is 64.2 Å². The zero-order chi connectivity index (χ0) is 23.0. The van der Waals surface area contributed by atoms with E-state index in [2.05, 4.69) is 25.8 Å². The predicted octanol–water partition coefficient (Wildman–Crippen LogP) is 8.62. The van der Waals surface area contributed by atoms with Crippen LogP contribution >= 0.6 is 0 Å². The monoisotopic (exact) mass is 436 g/mol. The van der Waals surface area contributed by atoms with Gasteiger partial charge in [0.25, 0.3) is 0 Å². The SMILES string of the molecule is CCCCCCCCCCc1ccnc(-c2ccccc2C(=O)CCCCC(C)CC)n1. The molecule has 3 heteroatoms. The number of nitrogens with zero attached hydrogens (tertiary/aromatic N) is 2. The lowest BCUT2D eigenvalue weighted by Gasteiger charge is -2.10. The molecular formula is C29H44N2O. The van der Waals surface area contributed by atoms with Crippen LogP contribution < -0.4 is 0 Å². The minimum absolute atomic E-state index is 0.210. The average Bonchev–Trinajstić information content (AvgIpc) is 2.83. The Morgan fingerprint density at radius 2 is 1.59 bits per heavy atom. The van der Waals surface area contributed by atoms with E-state index < -0.39 is 0 Å². The fourth-order valence-electron chi connectivity index (χ4n) is 4.14. The largest absolute Gasteiger partial charge is 0.294 e. The smallest absolute Gasteiger partial charge is 0.163 e. The predicted molar refractivity (Wildman–Crippen MR) is 136 cm³/mol. The molecule has 0 saturated heterocycles. The molecular weight excluding hydrogens is 392 g/mol. The lowest BCUT2D eigenvalue weighted by Crippen LogP contribution is -2.04. The van der Waals surface area contributed by atoms with Gasteiger partial charge < -0.3 is 0 Å². The van der Waals surface area contributed by atoms with Crippen LogP contribution in [0.2, 0.25) is 0 Å². The summed E-state index contributed by atoms with van der Waals surface area (Å²) in [5.41, 5.74) is 2.72. The third-order valence-corrected chi connectivity index (χ3v) is 6.52. The summed E-state index contributed by atoms with van der Waals surface area (Å²) in [4.78, 5) is 22.2. The summed E-state index contributed by atoms with van der Waals surface area (Å²) in [6.07, 6.45) is 18.4. The molecule has 32 heavy (non-hydrogen) atoms. The van der Waals surface area contributed by atoms with E-state index >= 15 is 0 Å². The van der Waals surface area contributed by atoms with Gasteiger partial charge in [0.15, 0.2) is 11.6 Å². The zero-order valence-electron chi connectivity index (χ0n) is 20.7. The Labute approximate surface area is 196 Å². The second kappa shape index (κ2) is 15.7. The Morgan fingerprint density at radius 1 is 0.875 bits per heavy atom. The summed E-state index contributed by atoms with van der Waals surface area (Å²) in [5.74, 6) is 1.64. The topological polar surface area (TPSA) is 42.9 Å². The lowest BCUT2D eigenvalue weighted by molar-refractivity contribution is 0.0979. The van der Waals surface area contributed by atoms with Gasteiger partial charge in [-0.15, -0.1) is 0 Å². The summed E-state index contributed by atoms with van der Waals surface area (Å²) < 4.78 is 0. The van der Waals surface area contributed by atoms with E-state index in [0.29, 0.717) is 12.2 Å². The molecule has 1 atom stereocenters. The van der Waals surface area contributed by atoms with Crippen molar-refractivity contribution in [3.63, 3.8) is 0 Å². The standard InChI is InChI=1S/C29H44N2O/c1-4-6-7-8-9-10-11-12-18-25-22-23-30-29(31-25)27-20-15-14-19-26(27)28(32)21-16-13-17-24(3)5-2/h14-15,19-20,22-24H,4-13,16-18,21H2,1-3H3. The van der Waals surface area contributed by atoms with Gasteiger partial charge in [0.1, 0.15) is 0 Å². The first-order valence-electron chi connectivity index (χ1n) is 13.1. The molecule has 1 heterocycles. The fraction of sp³-hybridized carbons (Fsp3) is 0.621. The molecule has 0 radical (unpaired) electrons. The first kappa shape index (κ1) is 26.2. The van der Waals surface area contributed by atoms with Gasteiger partial charge in [-0.1, -0.05) is 109 Å². The van der Waals surface area contributed by atoms with Gasteiger partial charge in [-0.2, -0.15) is 0 Å². The van der Waals surface area contributed by atoms with Crippen molar-refractivity contribution in [2.45, 2.75) is 111 Å². The van der Waals surface area contributed by atoms with Crippen LogP contribution in [0.15, 0.2) is 36.5 Å². The van der Waals surface area contributed by atoms with E-state index in [1.54, 1.807) is 0 Å². The number of carbonyl (C=O) groups is 1. The second-order valence-electron chi connectivity index (χ2n) is 9.32. The quantitative estimate of drug-likeness (QED) is 0.184. The van der Waals surface area contributed by atoms with E-state index in [0.717, 1.165) is 42.0 Å². The molecule has 3 nitrogen and oxygen atoms in total. The van der Waals surface area contributed by atoms with Crippen molar-refractivity contribution in [2.24, 2.45) is 5.92 Å². The molecule has 1 aromatic carbocycles. The minimum atomic E-state index is 0.210. The fourth-order valence-corrected chi connectivity index (χ4v) is 4.14. The first-order chi connectivity index (χ1) is 15.7. The summed E-state index contributed by atoms with van der Waals surface area (Å²) >= 11 is 0. The van der Waals surface area contributed by atoms with Gasteiger partial charge in [0.2, 0.25) is 0 Å². The average molecular weight is 437 g/mol. The number of benzene rings is 1. The van der Waals surface area contributed by atoms with Crippen LogP contribution in [-0.4, -0.2) is 15.8 Å². The summed E-state index contributed by atoms with van der Waals surface area (Å²) in [7, 11) is 0. The number of Topliss-reactive ketones (excluding diaryl/α,β-unsaturated/α-hetero) is 1. The Bertz CT molecular complexity index is 786. The molecule has 0 aliphatic rings. The van der Waals surface area contributed by atoms with Crippen molar-refractivity contribution in [1.29, 1.82) is 0 Å². The highest BCUT2D eigenvalue weighted by Crippen LogP contribution is 2.23. The van der Waals surface area contributed by atoms with Crippen molar-refractivity contribution in [2.75, 3.05) is 0 Å². The highest BCUT2D eigenvalue weighted by Gasteiger charge is 2.14. The van der Waals surface area contributed by atoms with Gasteiger partial charge in [0.05, 0.1) is 0 Å². The first-order valence-corrected chi connectivity index (χ1v) is 13.1. The van der Waals surface area contributed by atoms with Crippen LogP contribution in [0.25, 0.3) is 11.4 Å². The van der Waals surface area contributed by atoms with Gasteiger partial charge in [-0.3, -0.25) is 4.79 Å². The van der Waals surface area contributed by atoms with Crippen LogP contribution in [0.5, 0.6) is 0 Å². The zero-order valence-corrected chi connectivity index (χ0v) is 20.7. The van der Waals surface area contributed by atoms with Crippen molar-refractivity contribution >= 4 is 5.78 Å². The highest BCUT2D eigenvalue weighted by atomic mass is 16.1. The van der Waals surface area contributed by atoms with Gasteiger partial charge in [-0.05, 0) is 31.2 Å². The van der Waals surface area contributed by atoms with Crippen LogP contribution in [0.1, 0.15) is 120 Å². The molecule has 1 unspecified atom stereocenters. The number of hydrogen-bond acceptors (Lipinski definition) is 3. The summed E-state index contributed by atoms with van der Waals surface area (Å²) in [6.45, 7) is 6.78. The van der Waals surface area contributed by atoms with E-state index in [-0.39, 0.29) is 5.78 Å². The van der Waals surface area contributed by atoms with Crippen molar-refractivity contribution in [3.05, 3.63) is 47.8 Å². The molecule has 0 aliphatic heterocycles. The molecule has 0 fully saturated rings. The molecule has 0 N–H and O–H groups in total. The van der Waals surface area contributed by atoms with Gasteiger partial charge in [0, 0.05) is 29.4 Å². The third kappa shape index (κ3) is 9.63. The Balaban J connectivity index is 1.88. The van der Waals surface area contributed by atoms with Crippen molar-refractivity contribution in [1.82, 2.24) is 9.97 Å². The summed E-state index contributed by atoms with van der Waals surface area (Å²) in [6, 6.07) is 9.86. The molecule has 2 rings (SSSR count). The number of unbranched alkanes of at least 4 members (excludes halogenated alkanes) is 8. The number of ketones is 1. The molecule has 1 aromatic heterocycles. The number of hydrogen-bond donors (Lipinski definition) is 0. The lowest BCUT2D eigenvalue weighted by atomic mass is 9.96. The maximum absolute atomic E-state index is 12.9. The molecule has 0 saturated carbocycles. The molecule has 2 aromatic rings. The minimum Gasteiger partial charge on any atom is -0.294 e. The number of rotatable bonds is 17. The number of carbonyl (C=O) groups excluding carboxylic acids is 1. The van der Waals surface area contributed by atoms with Crippen molar-refractivity contribution in [3.8, 4) is 11.4 Å². The van der Waals surface area contributed by atoms with Gasteiger partial charge >= 0.3 is 0 Å². The van der Waals surface area contributed by atoms with Gasteiger partial charge in [-0.25, -0.2) is 9.97 Å². The maximum Gasteiger partial charge on any atom is 0.163 e. The van der Waals surface area contributed by atoms with Crippen molar-refractivity contribution < 1.29 is 4.79 Å². The molecule has 0 amide bonds. The maximum atomic E-state index is 12.9. The van der Waals surface area contributed by atoms with Crippen LogP contribution in [-0.2, 0) is 6.42 Å².